The van der Waals surface area contributed by atoms with Gasteiger partial charge in [0.25, 0.3) is 0 Å². The molecule has 0 amide bonds. The zero-order chi connectivity index (χ0) is 14.9. The number of aromatic carboxylic acids is 1. The van der Waals surface area contributed by atoms with E-state index in [1.807, 2.05) is 0 Å². The van der Waals surface area contributed by atoms with E-state index in [0.29, 0.717) is 4.68 Å². The Morgan fingerprint density at radius 1 is 1.25 bits per heavy atom. The number of benzene rings is 1. The molecule has 20 heavy (non-hydrogen) atoms. The second-order valence-corrected chi connectivity index (χ2v) is 3.87. The smallest absolute Gasteiger partial charge is 0.408 e. The highest BCUT2D eigenvalue weighted by molar-refractivity contribution is 5.92. The summed E-state index contributed by atoms with van der Waals surface area (Å²) < 4.78 is 50.5. The lowest BCUT2D eigenvalue weighted by atomic mass is 10.1. The molecule has 0 atom stereocenters. The van der Waals surface area contributed by atoms with Crippen molar-refractivity contribution in [3.63, 3.8) is 0 Å². The monoisotopic (exact) mass is 289 g/mol. The Morgan fingerprint density at radius 3 is 2.35 bits per heavy atom. The van der Waals surface area contributed by atoms with Gasteiger partial charge in [0.15, 0.2) is 5.69 Å². The number of carboxylic acids is 1. The molecule has 0 fully saturated rings. The van der Waals surface area contributed by atoms with E-state index in [0.717, 1.165) is 24.3 Å². The fourth-order valence-corrected chi connectivity index (χ4v) is 1.63. The van der Waals surface area contributed by atoms with Crippen LogP contribution < -0.4 is 0 Å². The van der Waals surface area contributed by atoms with Gasteiger partial charge in [-0.25, -0.2) is 13.9 Å². The third kappa shape index (κ3) is 2.92. The zero-order valence-corrected chi connectivity index (χ0v) is 9.73. The molecule has 0 unspecified atom stereocenters. The van der Waals surface area contributed by atoms with Gasteiger partial charge in [0, 0.05) is 5.56 Å². The van der Waals surface area contributed by atoms with Gasteiger partial charge in [0.1, 0.15) is 18.1 Å². The van der Waals surface area contributed by atoms with E-state index in [4.69, 9.17) is 5.11 Å². The molecule has 5 nitrogen and oxygen atoms in total. The Morgan fingerprint density at radius 2 is 1.85 bits per heavy atom. The van der Waals surface area contributed by atoms with E-state index in [2.05, 4.69) is 10.3 Å². The molecule has 1 N–H and O–H groups in total. The predicted octanol–water partition coefficient (Wildman–Crippen LogP) is 2.34. The van der Waals surface area contributed by atoms with Crippen LogP contribution >= 0.6 is 0 Å². The summed E-state index contributed by atoms with van der Waals surface area (Å²) in [6.07, 6.45) is -4.59. The number of carboxylic acid groups (broad SMARTS) is 1. The predicted molar refractivity (Wildman–Crippen MR) is 58.4 cm³/mol. The van der Waals surface area contributed by atoms with Crippen LogP contribution in [0, 0.1) is 5.82 Å². The summed E-state index contributed by atoms with van der Waals surface area (Å²) in [5.74, 6) is -2.11. The van der Waals surface area contributed by atoms with Gasteiger partial charge in [-0.15, -0.1) is 5.10 Å². The van der Waals surface area contributed by atoms with Crippen molar-refractivity contribution < 1.29 is 27.5 Å². The fourth-order valence-electron chi connectivity index (χ4n) is 1.63. The summed E-state index contributed by atoms with van der Waals surface area (Å²) in [5, 5.41) is 15.3. The van der Waals surface area contributed by atoms with Crippen molar-refractivity contribution in [2.45, 2.75) is 12.7 Å². The Balaban J connectivity index is 2.55. The molecule has 0 aliphatic carbocycles. The molecule has 106 valence electrons. The minimum Gasteiger partial charge on any atom is -0.476 e. The van der Waals surface area contributed by atoms with Crippen molar-refractivity contribution in [3.8, 4) is 11.3 Å². The maximum Gasteiger partial charge on any atom is 0.408 e. The number of hydrogen-bond acceptors (Lipinski definition) is 3. The van der Waals surface area contributed by atoms with Crippen molar-refractivity contribution in [1.82, 2.24) is 15.0 Å². The maximum absolute atomic E-state index is 12.8. The summed E-state index contributed by atoms with van der Waals surface area (Å²) in [4.78, 5) is 11.0. The molecule has 2 rings (SSSR count). The molecule has 9 heteroatoms. The normalized spacial score (nSPS) is 11.6. The molecule has 0 bridgehead atoms. The SMILES string of the molecule is O=C(O)c1nnn(CC(F)(F)F)c1-c1ccc(F)cc1. The third-order valence-electron chi connectivity index (χ3n) is 2.38. The average molecular weight is 289 g/mol. The Kier molecular flexibility index (Phi) is 3.43. The van der Waals surface area contributed by atoms with Crippen molar-refractivity contribution in [3.05, 3.63) is 35.8 Å². The average Bonchev–Trinajstić information content (AvgIpc) is 2.71. The number of nitrogens with zero attached hydrogens (tertiary/aromatic N) is 3. The van der Waals surface area contributed by atoms with Crippen LogP contribution in [-0.2, 0) is 6.54 Å². The number of halogens is 4. The van der Waals surface area contributed by atoms with Crippen LogP contribution in [0.15, 0.2) is 24.3 Å². The van der Waals surface area contributed by atoms with E-state index >= 15 is 0 Å². The molecule has 1 heterocycles. The molecular weight excluding hydrogens is 282 g/mol. The summed E-state index contributed by atoms with van der Waals surface area (Å²) in [6, 6.07) is 4.33. The van der Waals surface area contributed by atoms with Gasteiger partial charge in [0.05, 0.1) is 0 Å². The number of rotatable bonds is 3. The summed E-state index contributed by atoms with van der Waals surface area (Å²) in [6.45, 7) is -1.49. The maximum atomic E-state index is 12.8. The van der Waals surface area contributed by atoms with Crippen LogP contribution in [0.1, 0.15) is 10.5 Å². The standard InChI is InChI=1S/C11H7F4N3O2/c12-7-3-1-6(2-4-7)9-8(10(19)20)16-17-18(9)5-11(13,14)15/h1-4H,5H2,(H,19,20). The van der Waals surface area contributed by atoms with Crippen molar-refractivity contribution in [1.29, 1.82) is 0 Å². The van der Waals surface area contributed by atoms with E-state index in [9.17, 15) is 22.4 Å². The molecule has 0 radical (unpaired) electrons. The van der Waals surface area contributed by atoms with Gasteiger partial charge >= 0.3 is 12.1 Å². The van der Waals surface area contributed by atoms with Crippen LogP contribution in [0.25, 0.3) is 11.3 Å². The van der Waals surface area contributed by atoms with Crippen LogP contribution in [0.2, 0.25) is 0 Å². The highest BCUT2D eigenvalue weighted by Gasteiger charge is 2.32. The summed E-state index contributed by atoms with van der Waals surface area (Å²) in [7, 11) is 0. The van der Waals surface area contributed by atoms with Crippen LogP contribution in [0.3, 0.4) is 0 Å². The van der Waals surface area contributed by atoms with E-state index < -0.39 is 30.2 Å². The highest BCUT2D eigenvalue weighted by Crippen LogP contribution is 2.26. The summed E-state index contributed by atoms with van der Waals surface area (Å²) in [5.41, 5.74) is -0.867. The molecule has 2 aromatic rings. The lowest BCUT2D eigenvalue weighted by Gasteiger charge is -2.09. The lowest BCUT2D eigenvalue weighted by Crippen LogP contribution is -2.19. The van der Waals surface area contributed by atoms with Crippen molar-refractivity contribution >= 4 is 5.97 Å². The Labute approximate surface area is 109 Å². The van der Waals surface area contributed by atoms with Gasteiger partial charge in [-0.2, -0.15) is 13.2 Å². The van der Waals surface area contributed by atoms with E-state index in [1.165, 1.54) is 0 Å². The number of aromatic nitrogens is 3. The Hall–Kier alpha value is -2.45. The minimum absolute atomic E-state index is 0.0815. The highest BCUT2D eigenvalue weighted by atomic mass is 19.4. The topological polar surface area (TPSA) is 68.0 Å². The van der Waals surface area contributed by atoms with Crippen LogP contribution in [0.4, 0.5) is 17.6 Å². The first-order chi connectivity index (χ1) is 9.28. The van der Waals surface area contributed by atoms with Crippen molar-refractivity contribution in [2.75, 3.05) is 0 Å². The third-order valence-corrected chi connectivity index (χ3v) is 2.38. The van der Waals surface area contributed by atoms with Crippen molar-refractivity contribution in [2.24, 2.45) is 0 Å². The second-order valence-electron chi connectivity index (χ2n) is 3.87. The first-order valence-electron chi connectivity index (χ1n) is 5.27. The zero-order valence-electron chi connectivity index (χ0n) is 9.73. The van der Waals surface area contributed by atoms with Crippen LogP contribution in [0.5, 0.6) is 0 Å². The number of hydrogen-bond donors (Lipinski definition) is 1. The van der Waals surface area contributed by atoms with Gasteiger partial charge in [0.2, 0.25) is 0 Å². The van der Waals surface area contributed by atoms with Crippen LogP contribution in [-0.4, -0.2) is 32.2 Å². The molecule has 0 aliphatic heterocycles. The molecule has 0 aliphatic rings. The molecule has 0 saturated carbocycles. The minimum atomic E-state index is -4.59. The van der Waals surface area contributed by atoms with Gasteiger partial charge in [-0.3, -0.25) is 0 Å². The summed E-state index contributed by atoms with van der Waals surface area (Å²) >= 11 is 0. The number of carbonyl (C=O) groups is 1. The first-order valence-corrected chi connectivity index (χ1v) is 5.27. The number of alkyl halides is 3. The quantitative estimate of drug-likeness (QED) is 0.881. The molecule has 1 aromatic heterocycles. The van der Waals surface area contributed by atoms with Gasteiger partial charge in [-0.1, -0.05) is 5.21 Å². The lowest BCUT2D eigenvalue weighted by molar-refractivity contribution is -0.142. The van der Waals surface area contributed by atoms with E-state index in [1.54, 1.807) is 0 Å². The van der Waals surface area contributed by atoms with Gasteiger partial charge in [-0.05, 0) is 24.3 Å². The van der Waals surface area contributed by atoms with E-state index in [-0.39, 0.29) is 11.3 Å². The second kappa shape index (κ2) is 4.91. The Bertz CT molecular complexity index is 634. The molecular formula is C11H7F4N3O2. The largest absolute Gasteiger partial charge is 0.476 e. The molecule has 0 saturated heterocycles. The van der Waals surface area contributed by atoms with Gasteiger partial charge < -0.3 is 5.11 Å². The molecule has 1 aromatic carbocycles. The molecule has 0 spiro atoms. The fraction of sp³-hybridized carbons (Fsp3) is 0.182. The first kappa shape index (κ1) is 14.0.